The molecule has 3 rings (SSSR count). The Morgan fingerprint density at radius 2 is 1.86 bits per heavy atom. The average molecular weight is 389 g/mol. The van der Waals surface area contributed by atoms with Crippen LogP contribution in [-0.4, -0.2) is 73.6 Å². The van der Waals surface area contributed by atoms with Gasteiger partial charge in [0.2, 0.25) is 5.91 Å². The SMILES string of the molecule is COc1ccc(C(=O)N[C@@H]2CCN(C)C2=O)cc1OC1CCN(C(C)C)CC1. The molecule has 2 saturated heterocycles. The molecule has 0 unspecified atom stereocenters. The summed E-state index contributed by atoms with van der Waals surface area (Å²) in [5.41, 5.74) is 0.470. The summed E-state index contributed by atoms with van der Waals surface area (Å²) in [5, 5.41) is 2.83. The van der Waals surface area contributed by atoms with Gasteiger partial charge in [0.25, 0.3) is 5.91 Å². The molecule has 0 radical (unpaired) electrons. The van der Waals surface area contributed by atoms with Crippen molar-refractivity contribution in [3.63, 3.8) is 0 Å². The second-order valence-electron chi connectivity index (χ2n) is 7.89. The molecule has 154 valence electrons. The molecule has 1 aromatic carbocycles. The lowest BCUT2D eigenvalue weighted by Crippen LogP contribution is -2.42. The molecule has 1 aromatic rings. The molecule has 2 fully saturated rings. The van der Waals surface area contributed by atoms with Gasteiger partial charge in [-0.2, -0.15) is 0 Å². The highest BCUT2D eigenvalue weighted by molar-refractivity contribution is 5.98. The first-order chi connectivity index (χ1) is 13.4. The lowest BCUT2D eigenvalue weighted by molar-refractivity contribution is -0.128. The Labute approximate surface area is 167 Å². The molecule has 2 heterocycles. The monoisotopic (exact) mass is 389 g/mol. The van der Waals surface area contributed by atoms with E-state index in [-0.39, 0.29) is 17.9 Å². The molecular formula is C21H31N3O4. The zero-order chi connectivity index (χ0) is 20.3. The number of nitrogens with one attached hydrogen (secondary N) is 1. The van der Waals surface area contributed by atoms with E-state index in [1.165, 1.54) is 0 Å². The molecule has 28 heavy (non-hydrogen) atoms. The van der Waals surface area contributed by atoms with Crippen LogP contribution in [0, 0.1) is 0 Å². The zero-order valence-electron chi connectivity index (χ0n) is 17.2. The van der Waals surface area contributed by atoms with Gasteiger partial charge in [0, 0.05) is 38.3 Å². The summed E-state index contributed by atoms with van der Waals surface area (Å²) in [5.74, 6) is 0.874. The summed E-state index contributed by atoms with van der Waals surface area (Å²) in [7, 11) is 3.34. The van der Waals surface area contributed by atoms with E-state index >= 15 is 0 Å². The van der Waals surface area contributed by atoms with E-state index in [1.54, 1.807) is 37.3 Å². The summed E-state index contributed by atoms with van der Waals surface area (Å²) >= 11 is 0. The standard InChI is InChI=1S/C21H31N3O4/c1-14(2)24-11-7-16(8-12-24)28-19-13-15(5-6-18(19)27-4)20(25)22-17-9-10-23(3)21(17)26/h5-6,13-14,16-17H,7-12H2,1-4H3,(H,22,25)/t17-/m1/s1. The number of ether oxygens (including phenoxy) is 2. The molecule has 2 aliphatic rings. The summed E-state index contributed by atoms with van der Waals surface area (Å²) in [6.07, 6.45) is 2.63. The highest BCUT2D eigenvalue weighted by atomic mass is 16.5. The Balaban J connectivity index is 1.66. The maximum Gasteiger partial charge on any atom is 0.252 e. The first kappa shape index (κ1) is 20.5. The first-order valence-corrected chi connectivity index (χ1v) is 10.0. The van der Waals surface area contributed by atoms with Gasteiger partial charge in [0.05, 0.1) is 7.11 Å². The predicted octanol–water partition coefficient (Wildman–Crippen LogP) is 1.91. The normalized spacial score (nSPS) is 21.2. The number of hydrogen-bond acceptors (Lipinski definition) is 5. The van der Waals surface area contributed by atoms with E-state index in [0.29, 0.717) is 36.1 Å². The lowest BCUT2D eigenvalue weighted by atomic mass is 10.1. The number of hydrogen-bond donors (Lipinski definition) is 1. The number of piperidine rings is 1. The van der Waals surface area contributed by atoms with Gasteiger partial charge in [-0.3, -0.25) is 9.59 Å². The number of amides is 2. The summed E-state index contributed by atoms with van der Waals surface area (Å²) < 4.78 is 11.6. The van der Waals surface area contributed by atoms with Crippen molar-refractivity contribution in [2.24, 2.45) is 0 Å². The van der Waals surface area contributed by atoms with Crippen LogP contribution in [0.15, 0.2) is 18.2 Å². The lowest BCUT2D eigenvalue weighted by Gasteiger charge is -2.34. The highest BCUT2D eigenvalue weighted by Crippen LogP contribution is 2.31. The first-order valence-electron chi connectivity index (χ1n) is 10.0. The Morgan fingerprint density at radius 3 is 2.43 bits per heavy atom. The van der Waals surface area contributed by atoms with Crippen LogP contribution in [-0.2, 0) is 4.79 Å². The molecule has 2 amide bonds. The molecule has 0 aliphatic carbocycles. The number of benzene rings is 1. The quantitative estimate of drug-likeness (QED) is 0.805. The smallest absolute Gasteiger partial charge is 0.252 e. The number of likely N-dealkylation sites (tertiary alicyclic amines) is 2. The topological polar surface area (TPSA) is 71.1 Å². The van der Waals surface area contributed by atoms with Crippen LogP contribution in [0.5, 0.6) is 11.5 Å². The van der Waals surface area contributed by atoms with Gasteiger partial charge in [-0.25, -0.2) is 0 Å². The molecule has 0 bridgehead atoms. The fourth-order valence-electron chi connectivity index (χ4n) is 3.80. The van der Waals surface area contributed by atoms with Crippen LogP contribution in [0.2, 0.25) is 0 Å². The number of rotatable bonds is 6. The molecule has 0 aromatic heterocycles. The van der Waals surface area contributed by atoms with Crippen molar-refractivity contribution in [2.45, 2.75) is 51.3 Å². The van der Waals surface area contributed by atoms with Crippen LogP contribution in [0.4, 0.5) is 0 Å². The van der Waals surface area contributed by atoms with Crippen molar-refractivity contribution in [1.82, 2.24) is 15.1 Å². The van der Waals surface area contributed by atoms with Gasteiger partial charge < -0.3 is 24.6 Å². The third-order valence-electron chi connectivity index (χ3n) is 5.66. The Hall–Kier alpha value is -2.28. The number of likely N-dealkylation sites (N-methyl/N-ethyl adjacent to an activating group) is 1. The van der Waals surface area contributed by atoms with Gasteiger partial charge in [-0.05, 0) is 51.3 Å². The molecule has 0 spiro atoms. The third-order valence-corrected chi connectivity index (χ3v) is 5.66. The van der Waals surface area contributed by atoms with Gasteiger partial charge in [0.15, 0.2) is 11.5 Å². The summed E-state index contributed by atoms with van der Waals surface area (Å²) in [6, 6.07) is 5.25. The summed E-state index contributed by atoms with van der Waals surface area (Å²) in [4.78, 5) is 28.7. The Bertz CT molecular complexity index is 714. The fourth-order valence-corrected chi connectivity index (χ4v) is 3.80. The Morgan fingerprint density at radius 1 is 1.14 bits per heavy atom. The van der Waals surface area contributed by atoms with E-state index < -0.39 is 6.04 Å². The van der Waals surface area contributed by atoms with Gasteiger partial charge in [-0.15, -0.1) is 0 Å². The van der Waals surface area contributed by atoms with E-state index in [9.17, 15) is 9.59 Å². The van der Waals surface area contributed by atoms with E-state index in [2.05, 4.69) is 24.1 Å². The molecular weight excluding hydrogens is 358 g/mol. The zero-order valence-corrected chi connectivity index (χ0v) is 17.2. The van der Waals surface area contributed by atoms with Crippen molar-refractivity contribution in [2.75, 3.05) is 33.8 Å². The maximum absolute atomic E-state index is 12.6. The van der Waals surface area contributed by atoms with E-state index in [1.807, 2.05) is 0 Å². The Kier molecular flexibility index (Phi) is 6.44. The van der Waals surface area contributed by atoms with Crippen LogP contribution < -0.4 is 14.8 Å². The largest absolute Gasteiger partial charge is 0.493 e. The number of carbonyl (C=O) groups is 2. The van der Waals surface area contributed by atoms with Crippen molar-refractivity contribution in [3.8, 4) is 11.5 Å². The summed E-state index contributed by atoms with van der Waals surface area (Å²) in [6.45, 7) is 7.08. The van der Waals surface area contributed by atoms with E-state index in [0.717, 1.165) is 25.9 Å². The van der Waals surface area contributed by atoms with Crippen LogP contribution in [0.3, 0.4) is 0 Å². The van der Waals surface area contributed by atoms with Crippen LogP contribution in [0.1, 0.15) is 43.5 Å². The highest BCUT2D eigenvalue weighted by Gasteiger charge is 2.30. The number of methoxy groups -OCH3 is 1. The van der Waals surface area contributed by atoms with Crippen molar-refractivity contribution < 1.29 is 19.1 Å². The van der Waals surface area contributed by atoms with Crippen LogP contribution >= 0.6 is 0 Å². The van der Waals surface area contributed by atoms with Crippen molar-refractivity contribution in [3.05, 3.63) is 23.8 Å². The van der Waals surface area contributed by atoms with Gasteiger partial charge in [-0.1, -0.05) is 0 Å². The van der Waals surface area contributed by atoms with Crippen molar-refractivity contribution in [1.29, 1.82) is 0 Å². The molecule has 7 heteroatoms. The average Bonchev–Trinajstić information content (AvgIpc) is 3.00. The minimum absolute atomic E-state index is 0.0461. The fraction of sp³-hybridized carbons (Fsp3) is 0.619. The van der Waals surface area contributed by atoms with E-state index in [4.69, 9.17) is 9.47 Å². The number of carbonyl (C=O) groups excluding carboxylic acids is 2. The second kappa shape index (κ2) is 8.82. The minimum atomic E-state index is -0.454. The van der Waals surface area contributed by atoms with Crippen LogP contribution in [0.25, 0.3) is 0 Å². The van der Waals surface area contributed by atoms with Gasteiger partial charge >= 0.3 is 0 Å². The molecule has 1 atom stereocenters. The third kappa shape index (κ3) is 4.58. The second-order valence-corrected chi connectivity index (χ2v) is 7.89. The minimum Gasteiger partial charge on any atom is -0.493 e. The molecule has 0 saturated carbocycles. The van der Waals surface area contributed by atoms with Gasteiger partial charge in [0.1, 0.15) is 12.1 Å². The molecule has 7 nitrogen and oxygen atoms in total. The van der Waals surface area contributed by atoms with Crippen molar-refractivity contribution >= 4 is 11.8 Å². The number of nitrogens with zero attached hydrogens (tertiary/aromatic N) is 2. The molecule has 2 aliphatic heterocycles. The molecule has 1 N–H and O–H groups in total. The predicted molar refractivity (Wildman–Crippen MR) is 107 cm³/mol. The maximum atomic E-state index is 12.6.